The summed E-state index contributed by atoms with van der Waals surface area (Å²) in [6, 6.07) is 11.2. The zero-order valence-corrected chi connectivity index (χ0v) is 15.8. The van der Waals surface area contributed by atoms with Gasteiger partial charge in [-0.05, 0) is 23.8 Å². The number of nitrogens with zero attached hydrogens (tertiary/aromatic N) is 1. The van der Waals surface area contributed by atoms with Gasteiger partial charge >= 0.3 is 0 Å². The first-order valence-corrected chi connectivity index (χ1v) is 9.58. The number of para-hydroxylation sites is 1. The maximum atomic E-state index is 12.9. The number of hydrogen-bond donors (Lipinski definition) is 0. The Bertz CT molecular complexity index is 1100. The third-order valence-electron chi connectivity index (χ3n) is 5.00. The van der Waals surface area contributed by atoms with Crippen LogP contribution >= 0.6 is 11.6 Å². The maximum absolute atomic E-state index is 12.9. The van der Waals surface area contributed by atoms with Crippen LogP contribution in [-0.4, -0.2) is 39.5 Å². The molecule has 0 N–H and O–H groups in total. The van der Waals surface area contributed by atoms with Crippen molar-refractivity contribution in [3.63, 3.8) is 0 Å². The Morgan fingerprint density at radius 2 is 1.71 bits per heavy atom. The summed E-state index contributed by atoms with van der Waals surface area (Å²) in [6.07, 6.45) is 0. The second-order valence-corrected chi connectivity index (χ2v) is 7.07. The molecule has 0 unspecified atom stereocenters. The van der Waals surface area contributed by atoms with Crippen molar-refractivity contribution in [2.75, 3.05) is 44.4 Å². The van der Waals surface area contributed by atoms with Crippen molar-refractivity contribution in [3.05, 3.63) is 51.6 Å². The number of benzene rings is 2. The summed E-state index contributed by atoms with van der Waals surface area (Å²) >= 11 is 6.37. The normalized spacial score (nSPS) is 16.4. The van der Waals surface area contributed by atoms with E-state index in [4.69, 9.17) is 30.2 Å². The molecule has 1 fully saturated rings. The van der Waals surface area contributed by atoms with Crippen molar-refractivity contribution in [3.8, 4) is 22.6 Å². The highest BCUT2D eigenvalue weighted by atomic mass is 35.5. The zero-order chi connectivity index (χ0) is 19.1. The Morgan fingerprint density at radius 1 is 0.929 bits per heavy atom. The third-order valence-corrected chi connectivity index (χ3v) is 5.33. The minimum atomic E-state index is -0.233. The van der Waals surface area contributed by atoms with Gasteiger partial charge in [0.25, 0.3) is 0 Å². The van der Waals surface area contributed by atoms with Crippen LogP contribution < -0.4 is 19.8 Å². The van der Waals surface area contributed by atoms with Crippen molar-refractivity contribution in [2.45, 2.75) is 0 Å². The van der Waals surface area contributed by atoms with Crippen molar-refractivity contribution in [1.29, 1.82) is 0 Å². The molecule has 1 aromatic heterocycles. The van der Waals surface area contributed by atoms with Crippen LogP contribution in [-0.2, 0) is 4.74 Å². The van der Waals surface area contributed by atoms with Gasteiger partial charge in [0.15, 0.2) is 11.5 Å². The number of rotatable bonds is 2. The third kappa shape index (κ3) is 2.89. The lowest BCUT2D eigenvalue weighted by atomic mass is 10.0. The Kier molecular flexibility index (Phi) is 4.37. The largest absolute Gasteiger partial charge is 0.486 e. The second kappa shape index (κ2) is 7.04. The number of halogens is 1. The number of anilines is 1. The van der Waals surface area contributed by atoms with Crippen LogP contribution in [0.1, 0.15) is 0 Å². The molecule has 28 heavy (non-hydrogen) atoms. The van der Waals surface area contributed by atoms with Gasteiger partial charge in [0, 0.05) is 18.7 Å². The monoisotopic (exact) mass is 399 g/mol. The summed E-state index contributed by atoms with van der Waals surface area (Å²) in [5.41, 5.74) is 1.96. The van der Waals surface area contributed by atoms with E-state index in [-0.39, 0.29) is 10.5 Å². The molecule has 1 saturated heterocycles. The predicted molar refractivity (Wildman–Crippen MR) is 107 cm³/mol. The molecule has 0 atom stereocenters. The smallest absolute Gasteiger partial charge is 0.219 e. The standard InChI is InChI=1S/C21H18ClNO5/c22-18-19(24)15-3-1-2-14(13-4-5-16-17(12-13)27-11-10-26-16)20(15)28-21(18)23-6-8-25-9-7-23/h1-5,12H,6-11H2. The van der Waals surface area contributed by atoms with Crippen LogP contribution in [0.2, 0.25) is 5.02 Å². The minimum absolute atomic E-state index is 0.105. The highest BCUT2D eigenvalue weighted by molar-refractivity contribution is 6.33. The van der Waals surface area contributed by atoms with Crippen molar-refractivity contribution in [2.24, 2.45) is 0 Å². The average Bonchev–Trinajstić information content (AvgIpc) is 2.76. The fraction of sp³-hybridized carbons (Fsp3) is 0.286. The molecule has 2 aromatic carbocycles. The van der Waals surface area contributed by atoms with E-state index in [1.807, 2.05) is 35.2 Å². The fourth-order valence-corrected chi connectivity index (χ4v) is 3.85. The molecule has 144 valence electrons. The van der Waals surface area contributed by atoms with Crippen LogP contribution in [0.3, 0.4) is 0 Å². The quantitative estimate of drug-likeness (QED) is 0.654. The van der Waals surface area contributed by atoms with E-state index in [2.05, 4.69) is 0 Å². The first kappa shape index (κ1) is 17.4. The molecule has 0 amide bonds. The highest BCUT2D eigenvalue weighted by Gasteiger charge is 2.22. The van der Waals surface area contributed by atoms with E-state index in [0.29, 0.717) is 67.9 Å². The lowest BCUT2D eigenvalue weighted by molar-refractivity contribution is 0.121. The number of morpholine rings is 1. The van der Waals surface area contributed by atoms with Gasteiger partial charge < -0.3 is 23.5 Å². The molecular formula is C21H18ClNO5. The minimum Gasteiger partial charge on any atom is -0.486 e. The summed E-state index contributed by atoms with van der Waals surface area (Å²) in [6.45, 7) is 3.44. The molecular weight excluding hydrogens is 382 g/mol. The van der Waals surface area contributed by atoms with E-state index in [1.54, 1.807) is 6.07 Å². The summed E-state index contributed by atoms with van der Waals surface area (Å²) < 4.78 is 22.9. The molecule has 2 aliphatic rings. The molecule has 3 heterocycles. The maximum Gasteiger partial charge on any atom is 0.219 e. The van der Waals surface area contributed by atoms with Gasteiger partial charge in [-0.3, -0.25) is 4.79 Å². The van der Waals surface area contributed by atoms with Gasteiger partial charge in [-0.2, -0.15) is 0 Å². The van der Waals surface area contributed by atoms with Gasteiger partial charge in [0.2, 0.25) is 11.3 Å². The summed E-state index contributed by atoms with van der Waals surface area (Å²) in [5, 5.41) is 0.558. The fourth-order valence-electron chi connectivity index (χ4n) is 3.59. The molecule has 0 bridgehead atoms. The molecule has 6 nitrogen and oxygen atoms in total. The first-order valence-electron chi connectivity index (χ1n) is 9.20. The first-order chi connectivity index (χ1) is 13.7. The Morgan fingerprint density at radius 3 is 2.54 bits per heavy atom. The van der Waals surface area contributed by atoms with E-state index in [9.17, 15) is 4.79 Å². The lowest BCUT2D eigenvalue weighted by Gasteiger charge is -2.28. The van der Waals surface area contributed by atoms with E-state index < -0.39 is 0 Å². The van der Waals surface area contributed by atoms with Crippen LogP contribution in [0.25, 0.3) is 22.1 Å². The summed E-state index contributed by atoms with van der Waals surface area (Å²) in [4.78, 5) is 14.9. The van der Waals surface area contributed by atoms with Gasteiger partial charge in [-0.15, -0.1) is 0 Å². The van der Waals surface area contributed by atoms with E-state index in [1.165, 1.54) is 0 Å². The number of hydrogen-bond acceptors (Lipinski definition) is 6. The SMILES string of the molecule is O=c1c(Cl)c(N2CCOCC2)oc2c(-c3ccc4c(c3)OCCO4)cccc12. The highest BCUT2D eigenvalue weighted by Crippen LogP contribution is 2.38. The summed E-state index contributed by atoms with van der Waals surface area (Å²) in [5.74, 6) is 1.80. The molecule has 0 aliphatic carbocycles. The van der Waals surface area contributed by atoms with Gasteiger partial charge in [0.05, 0.1) is 18.6 Å². The Hall–Kier alpha value is -2.70. The number of fused-ring (bicyclic) bond motifs is 2. The van der Waals surface area contributed by atoms with Crippen molar-refractivity contribution >= 4 is 28.5 Å². The van der Waals surface area contributed by atoms with Crippen LogP contribution in [0, 0.1) is 0 Å². The van der Waals surface area contributed by atoms with Crippen LogP contribution in [0.4, 0.5) is 5.88 Å². The molecule has 5 rings (SSSR count). The van der Waals surface area contributed by atoms with Crippen LogP contribution in [0.15, 0.2) is 45.6 Å². The van der Waals surface area contributed by atoms with Crippen molar-refractivity contribution in [1.82, 2.24) is 0 Å². The van der Waals surface area contributed by atoms with E-state index >= 15 is 0 Å². The molecule has 0 saturated carbocycles. The topological polar surface area (TPSA) is 61.1 Å². The predicted octanol–water partition coefficient (Wildman–Crippen LogP) is 3.72. The molecule has 0 spiro atoms. The Balaban J connectivity index is 1.69. The summed E-state index contributed by atoms with van der Waals surface area (Å²) in [7, 11) is 0. The average molecular weight is 400 g/mol. The van der Waals surface area contributed by atoms with Gasteiger partial charge in [-0.1, -0.05) is 29.8 Å². The van der Waals surface area contributed by atoms with Crippen molar-refractivity contribution < 1.29 is 18.6 Å². The Labute approximate surface area is 166 Å². The zero-order valence-electron chi connectivity index (χ0n) is 15.1. The number of ether oxygens (including phenoxy) is 3. The van der Waals surface area contributed by atoms with Gasteiger partial charge in [-0.25, -0.2) is 0 Å². The molecule has 2 aliphatic heterocycles. The lowest BCUT2D eigenvalue weighted by Crippen LogP contribution is -2.37. The van der Waals surface area contributed by atoms with Crippen LogP contribution in [0.5, 0.6) is 11.5 Å². The molecule has 0 radical (unpaired) electrons. The molecule has 3 aromatic rings. The van der Waals surface area contributed by atoms with E-state index in [0.717, 1.165) is 11.1 Å². The second-order valence-electron chi connectivity index (χ2n) is 6.69. The van der Waals surface area contributed by atoms with Gasteiger partial charge in [0.1, 0.15) is 23.8 Å². The molecule has 7 heteroatoms.